The van der Waals surface area contributed by atoms with E-state index in [0.29, 0.717) is 18.5 Å². The Bertz CT molecular complexity index is 347. The maximum atomic E-state index is 5.60. The molecule has 1 aromatic heterocycles. The Morgan fingerprint density at radius 2 is 2.25 bits per heavy atom. The lowest BCUT2D eigenvalue weighted by Crippen LogP contribution is -2.31. The maximum absolute atomic E-state index is 5.60. The van der Waals surface area contributed by atoms with Crippen molar-refractivity contribution in [1.82, 2.24) is 9.97 Å². The van der Waals surface area contributed by atoms with Gasteiger partial charge >= 0.3 is 0 Å². The molecule has 0 aromatic carbocycles. The van der Waals surface area contributed by atoms with Crippen molar-refractivity contribution in [3.63, 3.8) is 0 Å². The zero-order valence-corrected chi connectivity index (χ0v) is 10.1. The van der Waals surface area contributed by atoms with Crippen molar-refractivity contribution in [1.29, 1.82) is 0 Å². The number of nitrogens with zero attached hydrogens (tertiary/aromatic N) is 3. The summed E-state index contributed by atoms with van der Waals surface area (Å²) in [6, 6.07) is 2.53. The Morgan fingerprint density at radius 3 is 2.81 bits per heavy atom. The topological polar surface area (TPSA) is 55.0 Å². The monoisotopic (exact) mass is 220 g/mol. The summed E-state index contributed by atoms with van der Waals surface area (Å²) in [5.41, 5.74) is 6.52. The van der Waals surface area contributed by atoms with E-state index in [1.54, 1.807) is 6.20 Å². The van der Waals surface area contributed by atoms with Gasteiger partial charge in [-0.3, -0.25) is 0 Å². The van der Waals surface area contributed by atoms with Gasteiger partial charge in [0.05, 0.1) is 5.69 Å². The van der Waals surface area contributed by atoms with Crippen LogP contribution in [0.5, 0.6) is 0 Å². The summed E-state index contributed by atoms with van der Waals surface area (Å²) in [6.07, 6.45) is 4.34. The van der Waals surface area contributed by atoms with Crippen LogP contribution in [0.4, 0.5) is 5.95 Å². The van der Waals surface area contributed by atoms with E-state index in [9.17, 15) is 0 Å². The van der Waals surface area contributed by atoms with E-state index in [1.165, 1.54) is 12.8 Å². The van der Waals surface area contributed by atoms with Crippen LogP contribution >= 0.6 is 0 Å². The summed E-state index contributed by atoms with van der Waals surface area (Å²) in [6.45, 7) is 5.96. The lowest BCUT2D eigenvalue weighted by Gasteiger charge is -2.24. The van der Waals surface area contributed by atoms with Crippen molar-refractivity contribution in [3.8, 4) is 0 Å². The van der Waals surface area contributed by atoms with Gasteiger partial charge in [0.25, 0.3) is 0 Å². The minimum absolute atomic E-state index is 0.482. The fraction of sp³-hybridized carbons (Fsp3) is 0.667. The number of anilines is 1. The minimum Gasteiger partial charge on any atom is -0.338 e. The molecule has 0 atom stereocenters. The molecule has 0 spiro atoms. The van der Waals surface area contributed by atoms with E-state index in [0.717, 1.165) is 18.2 Å². The van der Waals surface area contributed by atoms with Crippen molar-refractivity contribution in [2.75, 3.05) is 11.4 Å². The zero-order chi connectivity index (χ0) is 11.5. The molecule has 4 heteroatoms. The molecule has 2 rings (SSSR count). The molecule has 2 N–H and O–H groups in total. The molecule has 0 unspecified atom stereocenters. The molecule has 1 saturated carbocycles. The van der Waals surface area contributed by atoms with Crippen LogP contribution in [0.2, 0.25) is 0 Å². The Balaban J connectivity index is 2.16. The van der Waals surface area contributed by atoms with E-state index < -0.39 is 0 Å². The number of aromatic nitrogens is 2. The molecule has 1 aliphatic rings. The lowest BCUT2D eigenvalue weighted by atomic mass is 10.2. The van der Waals surface area contributed by atoms with Gasteiger partial charge in [0.1, 0.15) is 0 Å². The van der Waals surface area contributed by atoms with Gasteiger partial charge in [0.2, 0.25) is 5.95 Å². The molecule has 88 valence electrons. The Morgan fingerprint density at radius 1 is 1.50 bits per heavy atom. The van der Waals surface area contributed by atoms with Gasteiger partial charge in [-0.15, -0.1) is 0 Å². The largest absolute Gasteiger partial charge is 0.338 e. The van der Waals surface area contributed by atoms with Crippen LogP contribution in [0.1, 0.15) is 32.4 Å². The minimum atomic E-state index is 0.482. The van der Waals surface area contributed by atoms with Crippen LogP contribution in [0, 0.1) is 5.92 Å². The fourth-order valence-corrected chi connectivity index (χ4v) is 1.81. The Labute approximate surface area is 96.9 Å². The molecule has 1 aliphatic carbocycles. The van der Waals surface area contributed by atoms with Crippen molar-refractivity contribution in [3.05, 3.63) is 18.0 Å². The van der Waals surface area contributed by atoms with Crippen molar-refractivity contribution >= 4 is 5.95 Å². The third-order valence-electron chi connectivity index (χ3n) is 2.72. The summed E-state index contributed by atoms with van der Waals surface area (Å²) in [5.74, 6) is 1.48. The van der Waals surface area contributed by atoms with Crippen LogP contribution in [-0.2, 0) is 6.54 Å². The summed E-state index contributed by atoms with van der Waals surface area (Å²) in [4.78, 5) is 11.2. The second-order valence-electron chi connectivity index (χ2n) is 4.83. The molecule has 1 aromatic rings. The van der Waals surface area contributed by atoms with Crippen LogP contribution in [0.15, 0.2) is 12.3 Å². The highest BCUT2D eigenvalue weighted by Crippen LogP contribution is 2.30. The molecular weight excluding hydrogens is 200 g/mol. The lowest BCUT2D eigenvalue weighted by molar-refractivity contribution is 0.596. The van der Waals surface area contributed by atoms with Gasteiger partial charge in [0.15, 0.2) is 0 Å². The average molecular weight is 220 g/mol. The summed E-state index contributed by atoms with van der Waals surface area (Å²) < 4.78 is 0. The molecule has 4 nitrogen and oxygen atoms in total. The van der Waals surface area contributed by atoms with Gasteiger partial charge in [-0.2, -0.15) is 0 Å². The van der Waals surface area contributed by atoms with Crippen molar-refractivity contribution in [2.24, 2.45) is 11.7 Å². The van der Waals surface area contributed by atoms with Crippen LogP contribution in [-0.4, -0.2) is 22.6 Å². The number of rotatable bonds is 5. The number of hydrogen-bond acceptors (Lipinski definition) is 4. The predicted molar refractivity (Wildman–Crippen MR) is 65.1 cm³/mol. The van der Waals surface area contributed by atoms with E-state index in [2.05, 4.69) is 28.7 Å². The van der Waals surface area contributed by atoms with Crippen LogP contribution in [0.25, 0.3) is 0 Å². The second kappa shape index (κ2) is 4.78. The highest BCUT2D eigenvalue weighted by molar-refractivity contribution is 5.34. The SMILES string of the molecule is CC(C)CN(c1nccc(CN)n1)C1CC1. The van der Waals surface area contributed by atoms with Gasteiger partial charge in [-0.1, -0.05) is 13.8 Å². The summed E-state index contributed by atoms with van der Waals surface area (Å²) in [5, 5.41) is 0. The fourth-order valence-electron chi connectivity index (χ4n) is 1.81. The molecule has 1 heterocycles. The van der Waals surface area contributed by atoms with E-state index in [4.69, 9.17) is 5.73 Å². The first-order valence-corrected chi connectivity index (χ1v) is 5.99. The molecule has 0 radical (unpaired) electrons. The van der Waals surface area contributed by atoms with E-state index >= 15 is 0 Å². The van der Waals surface area contributed by atoms with Crippen LogP contribution < -0.4 is 10.6 Å². The van der Waals surface area contributed by atoms with Gasteiger partial charge < -0.3 is 10.6 Å². The smallest absolute Gasteiger partial charge is 0.225 e. The third kappa shape index (κ3) is 2.70. The average Bonchev–Trinajstić information content (AvgIpc) is 3.09. The molecule has 16 heavy (non-hydrogen) atoms. The summed E-state index contributed by atoms with van der Waals surface area (Å²) in [7, 11) is 0. The first kappa shape index (κ1) is 11.3. The normalized spacial score (nSPS) is 15.5. The van der Waals surface area contributed by atoms with E-state index in [-0.39, 0.29) is 0 Å². The Hall–Kier alpha value is -1.16. The molecule has 0 amide bonds. The maximum Gasteiger partial charge on any atom is 0.225 e. The van der Waals surface area contributed by atoms with Gasteiger partial charge in [-0.25, -0.2) is 9.97 Å². The highest BCUT2D eigenvalue weighted by atomic mass is 15.3. The standard InChI is InChI=1S/C12H20N4/c1-9(2)8-16(11-3-4-11)12-14-6-5-10(7-13)15-12/h5-6,9,11H,3-4,7-8,13H2,1-2H3. The van der Waals surface area contributed by atoms with Crippen molar-refractivity contribution in [2.45, 2.75) is 39.3 Å². The van der Waals surface area contributed by atoms with E-state index in [1.807, 2.05) is 6.07 Å². The Kier molecular flexibility index (Phi) is 3.39. The molecule has 1 fully saturated rings. The van der Waals surface area contributed by atoms with Gasteiger partial charge in [0, 0.05) is 25.3 Å². The van der Waals surface area contributed by atoms with Crippen LogP contribution in [0.3, 0.4) is 0 Å². The third-order valence-corrected chi connectivity index (χ3v) is 2.72. The summed E-state index contributed by atoms with van der Waals surface area (Å²) >= 11 is 0. The van der Waals surface area contributed by atoms with Gasteiger partial charge in [-0.05, 0) is 24.8 Å². The molecule has 0 bridgehead atoms. The zero-order valence-electron chi connectivity index (χ0n) is 10.1. The number of hydrogen-bond donors (Lipinski definition) is 1. The predicted octanol–water partition coefficient (Wildman–Crippen LogP) is 1.56. The first-order chi connectivity index (χ1) is 7.70. The number of nitrogens with two attached hydrogens (primary N) is 1. The quantitative estimate of drug-likeness (QED) is 0.818. The molecule has 0 aliphatic heterocycles. The highest BCUT2D eigenvalue weighted by Gasteiger charge is 2.31. The first-order valence-electron chi connectivity index (χ1n) is 5.99. The second-order valence-corrected chi connectivity index (χ2v) is 4.83. The molecule has 0 saturated heterocycles. The molecular formula is C12H20N4. The van der Waals surface area contributed by atoms with Crippen molar-refractivity contribution < 1.29 is 0 Å².